The fourth-order valence-electron chi connectivity index (χ4n) is 5.47. The van der Waals surface area contributed by atoms with E-state index < -0.39 is 0 Å². The van der Waals surface area contributed by atoms with Crippen molar-refractivity contribution in [2.75, 3.05) is 13.7 Å². The Morgan fingerprint density at radius 2 is 1.93 bits per heavy atom. The molecule has 0 bridgehead atoms. The number of aryl methyl sites for hydroxylation is 2. The van der Waals surface area contributed by atoms with Gasteiger partial charge in [0.15, 0.2) is 0 Å². The van der Waals surface area contributed by atoms with E-state index in [1.165, 1.54) is 48.9 Å². The number of pyridine rings is 1. The highest BCUT2D eigenvalue weighted by Gasteiger charge is 2.41. The molecule has 3 aromatic heterocycles. The van der Waals surface area contributed by atoms with E-state index in [0.717, 1.165) is 42.6 Å². The van der Waals surface area contributed by atoms with E-state index in [-0.39, 0.29) is 5.41 Å². The molecule has 0 aromatic carbocycles. The van der Waals surface area contributed by atoms with Crippen LogP contribution in [0, 0.1) is 0 Å². The van der Waals surface area contributed by atoms with Gasteiger partial charge in [-0.05, 0) is 55.4 Å². The molecule has 8 heteroatoms. The molecule has 0 saturated heterocycles. The van der Waals surface area contributed by atoms with Crippen LogP contribution in [0.25, 0.3) is 22.6 Å². The molecule has 0 aliphatic heterocycles. The Balaban J connectivity index is 1.86. The summed E-state index contributed by atoms with van der Waals surface area (Å²) < 4.78 is 7.73. The van der Waals surface area contributed by atoms with E-state index in [9.17, 15) is 0 Å². The van der Waals surface area contributed by atoms with Crippen molar-refractivity contribution in [1.82, 2.24) is 35.4 Å². The average Bonchev–Trinajstić information content (AvgIpc) is 3.45. The molecule has 1 fully saturated rings. The predicted octanol–water partition coefficient (Wildman–Crippen LogP) is 3.39. The molecule has 0 spiro atoms. The molecule has 3 aromatic rings. The summed E-state index contributed by atoms with van der Waals surface area (Å²) in [4.78, 5) is 5.35. The van der Waals surface area contributed by atoms with Gasteiger partial charge in [0.25, 0.3) is 0 Å². The number of fused-ring (bicyclic) bond motifs is 1. The SMILES string of the molecule is COCC1(c2nc3c(c(-c4ccnn4C)c2-c2nn[nH]n2)CCCC3)CCCCC1. The fraction of sp³-hybridized carbons (Fsp3) is 0.591. The van der Waals surface area contributed by atoms with Crippen molar-refractivity contribution < 1.29 is 4.74 Å². The van der Waals surface area contributed by atoms with E-state index in [0.29, 0.717) is 12.4 Å². The van der Waals surface area contributed by atoms with Gasteiger partial charge in [0.05, 0.1) is 23.6 Å². The van der Waals surface area contributed by atoms with Crippen LogP contribution in [0.15, 0.2) is 12.3 Å². The molecule has 8 nitrogen and oxygen atoms in total. The Kier molecular flexibility index (Phi) is 5.10. The monoisotopic (exact) mass is 407 g/mol. The van der Waals surface area contributed by atoms with Crippen molar-refractivity contribution >= 4 is 0 Å². The fourth-order valence-corrected chi connectivity index (χ4v) is 5.47. The first-order valence-electron chi connectivity index (χ1n) is 11.0. The Hall–Kier alpha value is -2.61. The summed E-state index contributed by atoms with van der Waals surface area (Å²) >= 11 is 0. The number of nitrogens with zero attached hydrogens (tertiary/aromatic N) is 6. The lowest BCUT2D eigenvalue weighted by Gasteiger charge is -2.38. The highest BCUT2D eigenvalue weighted by atomic mass is 16.5. The molecule has 1 N–H and O–H groups in total. The minimum Gasteiger partial charge on any atom is -0.384 e. The highest BCUT2D eigenvalue weighted by molar-refractivity contribution is 5.84. The topological polar surface area (TPSA) is 94.4 Å². The van der Waals surface area contributed by atoms with Crippen LogP contribution in [0.4, 0.5) is 0 Å². The second kappa shape index (κ2) is 7.91. The standard InChI is InChI=1S/C22H29N7O/c1-29-17(10-13-23-29)18-15-8-4-5-9-16(15)24-20(19(18)21-25-27-28-26-21)22(14-30-2)11-6-3-7-12-22/h10,13H,3-9,11-12,14H2,1-2H3,(H,25,26,27,28). The normalized spacial score (nSPS) is 18.3. The van der Waals surface area contributed by atoms with Gasteiger partial charge in [-0.1, -0.05) is 19.3 Å². The molecule has 5 rings (SSSR count). The van der Waals surface area contributed by atoms with Gasteiger partial charge >= 0.3 is 0 Å². The lowest BCUT2D eigenvalue weighted by Crippen LogP contribution is -2.36. The third kappa shape index (κ3) is 3.14. The van der Waals surface area contributed by atoms with Crippen molar-refractivity contribution in [3.05, 3.63) is 29.2 Å². The van der Waals surface area contributed by atoms with E-state index in [2.05, 4.69) is 31.8 Å². The second-order valence-corrected chi connectivity index (χ2v) is 8.69. The van der Waals surface area contributed by atoms with Gasteiger partial charge in [-0.3, -0.25) is 9.67 Å². The molecule has 3 heterocycles. The quantitative estimate of drug-likeness (QED) is 0.697. The number of aromatic amines is 1. The van der Waals surface area contributed by atoms with E-state index >= 15 is 0 Å². The summed E-state index contributed by atoms with van der Waals surface area (Å²) in [5, 5.41) is 19.9. The third-order valence-electron chi connectivity index (χ3n) is 6.85. The number of hydrogen-bond donors (Lipinski definition) is 1. The van der Waals surface area contributed by atoms with E-state index in [1.54, 1.807) is 7.11 Å². The molecule has 0 radical (unpaired) electrons. The van der Waals surface area contributed by atoms with Crippen molar-refractivity contribution in [3.63, 3.8) is 0 Å². The predicted molar refractivity (Wildman–Crippen MR) is 113 cm³/mol. The molecule has 0 unspecified atom stereocenters. The smallest absolute Gasteiger partial charge is 0.207 e. The third-order valence-corrected chi connectivity index (χ3v) is 6.85. The highest BCUT2D eigenvalue weighted by Crippen LogP contribution is 2.47. The van der Waals surface area contributed by atoms with Gasteiger partial charge in [0.2, 0.25) is 5.82 Å². The van der Waals surface area contributed by atoms with Crippen LogP contribution in [0.5, 0.6) is 0 Å². The van der Waals surface area contributed by atoms with Crippen molar-refractivity contribution in [3.8, 4) is 22.6 Å². The van der Waals surface area contributed by atoms with Crippen LogP contribution in [0.3, 0.4) is 0 Å². The summed E-state index contributed by atoms with van der Waals surface area (Å²) in [5.74, 6) is 0.614. The Morgan fingerprint density at radius 3 is 2.63 bits per heavy atom. The molecule has 0 atom stereocenters. The molecule has 158 valence electrons. The summed E-state index contributed by atoms with van der Waals surface area (Å²) in [7, 11) is 3.79. The number of tetrazole rings is 1. The number of H-pyrrole nitrogens is 1. The lowest BCUT2D eigenvalue weighted by molar-refractivity contribution is 0.101. The first kappa shape index (κ1) is 19.4. The van der Waals surface area contributed by atoms with Crippen molar-refractivity contribution in [1.29, 1.82) is 0 Å². The lowest BCUT2D eigenvalue weighted by atomic mass is 9.69. The van der Waals surface area contributed by atoms with Gasteiger partial charge in [-0.15, -0.1) is 10.2 Å². The number of rotatable bonds is 5. The zero-order chi connectivity index (χ0) is 20.6. The minimum absolute atomic E-state index is 0.122. The minimum atomic E-state index is -0.122. The van der Waals surface area contributed by atoms with Gasteiger partial charge in [0.1, 0.15) is 0 Å². The number of aromatic nitrogens is 7. The van der Waals surface area contributed by atoms with Crippen LogP contribution in [0.1, 0.15) is 61.9 Å². The second-order valence-electron chi connectivity index (χ2n) is 8.69. The largest absolute Gasteiger partial charge is 0.384 e. The van der Waals surface area contributed by atoms with Gasteiger partial charge in [-0.2, -0.15) is 10.3 Å². The molecule has 0 amide bonds. The van der Waals surface area contributed by atoms with Crippen LogP contribution in [0.2, 0.25) is 0 Å². The summed E-state index contributed by atoms with van der Waals surface area (Å²) in [5.41, 5.74) is 6.77. The van der Waals surface area contributed by atoms with Gasteiger partial charge in [-0.25, -0.2) is 0 Å². The summed E-state index contributed by atoms with van der Waals surface area (Å²) in [6.07, 6.45) is 12.0. The maximum atomic E-state index is 5.79. The van der Waals surface area contributed by atoms with Crippen molar-refractivity contribution in [2.45, 2.75) is 63.2 Å². The number of nitrogens with one attached hydrogen (secondary N) is 1. The van der Waals surface area contributed by atoms with Crippen LogP contribution >= 0.6 is 0 Å². The van der Waals surface area contributed by atoms with Crippen LogP contribution in [-0.4, -0.2) is 49.1 Å². The van der Waals surface area contributed by atoms with Gasteiger partial charge in [0, 0.05) is 37.0 Å². The van der Waals surface area contributed by atoms with E-state index in [1.807, 2.05) is 17.9 Å². The Morgan fingerprint density at radius 1 is 1.10 bits per heavy atom. The molecule has 1 saturated carbocycles. The van der Waals surface area contributed by atoms with Gasteiger partial charge < -0.3 is 4.74 Å². The molecular formula is C22H29N7O. The Bertz CT molecular complexity index is 1010. The maximum absolute atomic E-state index is 5.79. The van der Waals surface area contributed by atoms with Crippen LogP contribution in [-0.2, 0) is 30.0 Å². The zero-order valence-corrected chi connectivity index (χ0v) is 17.8. The molecule has 2 aliphatic rings. The first-order valence-corrected chi connectivity index (χ1v) is 11.0. The number of ether oxygens (including phenoxy) is 1. The summed E-state index contributed by atoms with van der Waals surface area (Å²) in [6, 6.07) is 2.08. The number of hydrogen-bond acceptors (Lipinski definition) is 6. The van der Waals surface area contributed by atoms with Crippen LogP contribution < -0.4 is 0 Å². The molecular weight excluding hydrogens is 378 g/mol. The summed E-state index contributed by atoms with van der Waals surface area (Å²) in [6.45, 7) is 0.661. The zero-order valence-electron chi connectivity index (χ0n) is 17.8. The maximum Gasteiger partial charge on any atom is 0.207 e. The average molecular weight is 408 g/mol. The molecule has 2 aliphatic carbocycles. The first-order chi connectivity index (χ1) is 14.7. The molecule has 30 heavy (non-hydrogen) atoms. The van der Waals surface area contributed by atoms with E-state index in [4.69, 9.17) is 9.72 Å². The van der Waals surface area contributed by atoms with Crippen molar-refractivity contribution in [2.24, 2.45) is 7.05 Å². The Labute approximate surface area is 176 Å². The number of methoxy groups -OCH3 is 1.